The van der Waals surface area contributed by atoms with Gasteiger partial charge < -0.3 is 15.4 Å². The summed E-state index contributed by atoms with van der Waals surface area (Å²) in [6.45, 7) is 9.52. The smallest absolute Gasteiger partial charge is 0.408 e. The average molecular weight is 459 g/mol. The predicted octanol–water partition coefficient (Wildman–Crippen LogP) is 2.42. The fourth-order valence-corrected chi connectivity index (χ4v) is 3.26. The molecule has 0 fully saturated rings. The molecule has 2 atom stereocenters. The summed E-state index contributed by atoms with van der Waals surface area (Å²) in [5, 5.41) is 17.1. The zero-order valence-corrected chi connectivity index (χ0v) is 19.9. The second-order valence-corrected chi connectivity index (χ2v) is 8.91. The van der Waals surface area contributed by atoms with Gasteiger partial charge in [-0.25, -0.2) is 4.79 Å². The van der Waals surface area contributed by atoms with E-state index in [9.17, 15) is 14.4 Å². The van der Waals surface area contributed by atoms with E-state index in [1.807, 2.05) is 58.0 Å². The molecule has 10 heteroatoms. The quantitative estimate of drug-likeness (QED) is 0.500. The molecule has 10 nitrogen and oxygen atoms in total. The van der Waals surface area contributed by atoms with Crippen LogP contribution < -0.4 is 10.6 Å². The zero-order chi connectivity index (χ0) is 24.4. The second kappa shape index (κ2) is 12.7. The average Bonchev–Trinajstić information content (AvgIpc) is 3.15. The van der Waals surface area contributed by atoms with Crippen molar-refractivity contribution in [1.82, 2.24) is 30.8 Å². The van der Waals surface area contributed by atoms with Crippen molar-refractivity contribution >= 4 is 17.8 Å². The van der Waals surface area contributed by atoms with Gasteiger partial charge in [-0.05, 0) is 42.4 Å². The number of carbonyl (C=O) groups is 3. The van der Waals surface area contributed by atoms with Crippen LogP contribution >= 0.6 is 0 Å². The molecule has 0 saturated heterocycles. The van der Waals surface area contributed by atoms with Gasteiger partial charge in [0.1, 0.15) is 19.2 Å². The molecule has 180 valence electrons. The number of amides is 2. The first-order chi connectivity index (χ1) is 15.6. The lowest BCUT2D eigenvalue weighted by atomic mass is 9.98. The van der Waals surface area contributed by atoms with Crippen molar-refractivity contribution in [2.75, 3.05) is 0 Å². The van der Waals surface area contributed by atoms with Gasteiger partial charge in [0.2, 0.25) is 5.91 Å². The standard InChI is InChI=1S/C23H34N6O4/c1-15(2)11-19(21(30)13-29-27-17(5)26-28-29)24-22(31)20(12-16(3)4)25-23(32)33-14-18-9-7-6-8-10-18/h6-10,15-16,19-20H,11-14H2,1-5H3,(H,24,31)(H,25,32). The highest BCUT2D eigenvalue weighted by Crippen LogP contribution is 2.10. The van der Waals surface area contributed by atoms with Crippen molar-refractivity contribution in [2.45, 2.75) is 72.7 Å². The fraction of sp³-hybridized carbons (Fsp3) is 0.565. The van der Waals surface area contributed by atoms with Gasteiger partial charge in [0.05, 0.1) is 6.04 Å². The van der Waals surface area contributed by atoms with Crippen LogP contribution in [0.3, 0.4) is 0 Å². The largest absolute Gasteiger partial charge is 0.445 e. The SMILES string of the molecule is Cc1nnn(CC(=O)C(CC(C)C)NC(=O)C(CC(C)C)NC(=O)OCc2ccccc2)n1. The molecule has 2 rings (SSSR count). The molecule has 0 spiro atoms. The van der Waals surface area contributed by atoms with Crippen LogP contribution in [0, 0.1) is 18.8 Å². The highest BCUT2D eigenvalue weighted by Gasteiger charge is 2.28. The van der Waals surface area contributed by atoms with Gasteiger partial charge in [0.25, 0.3) is 0 Å². The summed E-state index contributed by atoms with van der Waals surface area (Å²) >= 11 is 0. The zero-order valence-electron chi connectivity index (χ0n) is 19.9. The van der Waals surface area contributed by atoms with Crippen molar-refractivity contribution in [2.24, 2.45) is 11.8 Å². The molecule has 0 aliphatic carbocycles. The second-order valence-electron chi connectivity index (χ2n) is 8.91. The minimum atomic E-state index is -0.831. The van der Waals surface area contributed by atoms with Crippen molar-refractivity contribution in [3.63, 3.8) is 0 Å². The van der Waals surface area contributed by atoms with E-state index in [1.54, 1.807) is 6.92 Å². The number of tetrazole rings is 1. The van der Waals surface area contributed by atoms with Gasteiger partial charge in [-0.1, -0.05) is 58.0 Å². The molecule has 2 amide bonds. The van der Waals surface area contributed by atoms with E-state index in [0.717, 1.165) is 5.56 Å². The van der Waals surface area contributed by atoms with E-state index >= 15 is 0 Å². The summed E-state index contributed by atoms with van der Waals surface area (Å²) in [6.07, 6.45) is 0.165. The number of ether oxygens (including phenoxy) is 1. The maximum absolute atomic E-state index is 13.1. The summed E-state index contributed by atoms with van der Waals surface area (Å²) < 4.78 is 5.26. The predicted molar refractivity (Wildman–Crippen MR) is 122 cm³/mol. The topological polar surface area (TPSA) is 128 Å². The molecule has 0 aliphatic rings. The number of hydrogen-bond donors (Lipinski definition) is 2. The first kappa shape index (κ1) is 26.0. The summed E-state index contributed by atoms with van der Waals surface area (Å²) in [5.41, 5.74) is 0.845. The number of Topliss-reactive ketones (excluding diaryl/α,β-unsaturated/α-hetero) is 1. The lowest BCUT2D eigenvalue weighted by molar-refractivity contribution is -0.130. The third-order valence-corrected chi connectivity index (χ3v) is 4.79. The molecule has 2 unspecified atom stereocenters. The van der Waals surface area contributed by atoms with E-state index in [0.29, 0.717) is 18.7 Å². The van der Waals surface area contributed by atoms with Gasteiger partial charge >= 0.3 is 6.09 Å². The third kappa shape index (κ3) is 9.38. The molecule has 0 radical (unpaired) electrons. The van der Waals surface area contributed by atoms with E-state index < -0.39 is 24.1 Å². The molecule has 1 aromatic heterocycles. The van der Waals surface area contributed by atoms with Crippen LogP contribution in [0.4, 0.5) is 4.79 Å². The van der Waals surface area contributed by atoms with Gasteiger partial charge in [-0.3, -0.25) is 9.59 Å². The Hall–Kier alpha value is -3.30. The van der Waals surface area contributed by atoms with Crippen LogP contribution in [0.25, 0.3) is 0 Å². The number of nitrogens with one attached hydrogen (secondary N) is 2. The first-order valence-electron chi connectivity index (χ1n) is 11.2. The Morgan fingerprint density at radius 2 is 1.61 bits per heavy atom. The van der Waals surface area contributed by atoms with E-state index in [2.05, 4.69) is 26.0 Å². The number of aryl methyl sites for hydroxylation is 1. The minimum absolute atomic E-state index is 0.0973. The number of nitrogens with zero attached hydrogens (tertiary/aromatic N) is 4. The van der Waals surface area contributed by atoms with Crippen LogP contribution in [0.2, 0.25) is 0 Å². The van der Waals surface area contributed by atoms with Crippen molar-refractivity contribution in [3.05, 3.63) is 41.7 Å². The van der Waals surface area contributed by atoms with Crippen LogP contribution in [0.5, 0.6) is 0 Å². The van der Waals surface area contributed by atoms with Crippen LogP contribution in [-0.4, -0.2) is 50.1 Å². The van der Waals surface area contributed by atoms with Crippen molar-refractivity contribution < 1.29 is 19.1 Å². The monoisotopic (exact) mass is 458 g/mol. The fourth-order valence-electron chi connectivity index (χ4n) is 3.26. The summed E-state index contributed by atoms with van der Waals surface area (Å²) in [6, 6.07) is 7.71. The van der Waals surface area contributed by atoms with E-state index in [-0.39, 0.29) is 30.8 Å². The Kier molecular flexibility index (Phi) is 9.96. The molecule has 2 N–H and O–H groups in total. The molecule has 0 bridgehead atoms. The Morgan fingerprint density at radius 3 is 2.18 bits per heavy atom. The summed E-state index contributed by atoms with van der Waals surface area (Å²) in [4.78, 5) is 39.5. The van der Waals surface area contributed by atoms with Gasteiger partial charge in [-0.2, -0.15) is 4.80 Å². The maximum atomic E-state index is 13.1. The summed E-state index contributed by atoms with van der Waals surface area (Å²) in [7, 11) is 0. The number of rotatable bonds is 12. The van der Waals surface area contributed by atoms with Crippen molar-refractivity contribution in [1.29, 1.82) is 0 Å². The molecular weight excluding hydrogens is 424 g/mol. The lowest BCUT2D eigenvalue weighted by Crippen LogP contribution is -2.52. The molecule has 2 aromatic rings. The number of benzene rings is 1. The number of carbonyl (C=O) groups excluding carboxylic acids is 3. The third-order valence-electron chi connectivity index (χ3n) is 4.79. The van der Waals surface area contributed by atoms with Crippen LogP contribution in [0.1, 0.15) is 51.9 Å². The lowest BCUT2D eigenvalue weighted by Gasteiger charge is -2.24. The highest BCUT2D eigenvalue weighted by atomic mass is 16.5. The van der Waals surface area contributed by atoms with Gasteiger partial charge in [0, 0.05) is 0 Å². The molecule has 0 aliphatic heterocycles. The number of aromatic nitrogens is 4. The van der Waals surface area contributed by atoms with Crippen molar-refractivity contribution in [3.8, 4) is 0 Å². The molecule has 0 saturated carbocycles. The van der Waals surface area contributed by atoms with E-state index in [1.165, 1.54) is 4.80 Å². The number of alkyl carbamates (subject to hydrolysis) is 1. The first-order valence-corrected chi connectivity index (χ1v) is 11.2. The molecule has 1 aromatic carbocycles. The Balaban J connectivity index is 2.02. The minimum Gasteiger partial charge on any atom is -0.445 e. The van der Waals surface area contributed by atoms with Crippen LogP contribution in [-0.2, 0) is 27.5 Å². The Morgan fingerprint density at radius 1 is 0.970 bits per heavy atom. The van der Waals surface area contributed by atoms with Crippen LogP contribution in [0.15, 0.2) is 30.3 Å². The Bertz CT molecular complexity index is 913. The normalized spacial score (nSPS) is 12.9. The number of ketones is 1. The van der Waals surface area contributed by atoms with Gasteiger partial charge in [0.15, 0.2) is 11.6 Å². The maximum Gasteiger partial charge on any atom is 0.408 e. The summed E-state index contributed by atoms with van der Waals surface area (Å²) in [5.74, 6) is 0.0998. The Labute approximate surface area is 194 Å². The molecular formula is C23H34N6O4. The highest BCUT2D eigenvalue weighted by molar-refractivity contribution is 5.92. The molecule has 33 heavy (non-hydrogen) atoms. The molecule has 1 heterocycles. The number of hydrogen-bond acceptors (Lipinski definition) is 7. The van der Waals surface area contributed by atoms with E-state index in [4.69, 9.17) is 4.74 Å². The van der Waals surface area contributed by atoms with Gasteiger partial charge in [-0.15, -0.1) is 10.2 Å².